The number of rotatable bonds is 3. The molecular weight excluding hydrogens is 294 g/mol. The highest BCUT2D eigenvalue weighted by Crippen LogP contribution is 2.18. The van der Waals surface area contributed by atoms with Crippen LogP contribution in [0.1, 0.15) is 26.5 Å². The van der Waals surface area contributed by atoms with E-state index in [0.717, 1.165) is 0 Å². The van der Waals surface area contributed by atoms with Crippen molar-refractivity contribution in [1.82, 2.24) is 9.97 Å². The number of anilines is 1. The molecule has 3 rings (SSSR count). The second-order valence-corrected chi connectivity index (χ2v) is 4.95. The lowest BCUT2D eigenvalue weighted by molar-refractivity contribution is 0.0698. The monoisotopic (exact) mass is 307 g/mol. The zero-order chi connectivity index (χ0) is 16.4. The Hall–Kier alpha value is -3.28. The fourth-order valence-electron chi connectivity index (χ4n) is 2.26. The Morgan fingerprint density at radius 1 is 0.957 bits per heavy atom. The van der Waals surface area contributed by atoms with Gasteiger partial charge in [0.15, 0.2) is 0 Å². The molecule has 114 valence electrons. The summed E-state index contributed by atoms with van der Waals surface area (Å²) >= 11 is 0. The number of hydrogen-bond acceptors (Lipinski definition) is 4. The van der Waals surface area contributed by atoms with E-state index in [1.54, 1.807) is 25.1 Å². The van der Waals surface area contributed by atoms with E-state index >= 15 is 0 Å². The SMILES string of the molecule is Cc1nc2ccccc2nc1C(=O)Nc1ccccc1C(=O)O. The Morgan fingerprint density at radius 3 is 2.26 bits per heavy atom. The highest BCUT2D eigenvalue weighted by atomic mass is 16.4. The van der Waals surface area contributed by atoms with Crippen molar-refractivity contribution in [2.75, 3.05) is 5.32 Å². The smallest absolute Gasteiger partial charge is 0.337 e. The first-order valence-corrected chi connectivity index (χ1v) is 6.93. The van der Waals surface area contributed by atoms with Crippen LogP contribution in [0.3, 0.4) is 0 Å². The summed E-state index contributed by atoms with van der Waals surface area (Å²) in [4.78, 5) is 32.3. The van der Waals surface area contributed by atoms with E-state index in [1.165, 1.54) is 12.1 Å². The third-order valence-corrected chi connectivity index (χ3v) is 3.37. The molecule has 3 aromatic rings. The highest BCUT2D eigenvalue weighted by molar-refractivity contribution is 6.07. The van der Waals surface area contributed by atoms with Gasteiger partial charge in [-0.3, -0.25) is 4.79 Å². The first-order chi connectivity index (χ1) is 11.1. The average molecular weight is 307 g/mol. The molecule has 0 aliphatic carbocycles. The summed E-state index contributed by atoms with van der Waals surface area (Å²) in [5, 5.41) is 11.8. The molecule has 6 nitrogen and oxygen atoms in total. The number of carbonyl (C=O) groups is 2. The molecule has 0 bridgehead atoms. The van der Waals surface area contributed by atoms with Crippen LogP contribution in [0.5, 0.6) is 0 Å². The number of nitrogens with zero attached hydrogens (tertiary/aromatic N) is 2. The van der Waals surface area contributed by atoms with Gasteiger partial charge in [0.05, 0.1) is 28.0 Å². The van der Waals surface area contributed by atoms with Crippen molar-refractivity contribution in [2.45, 2.75) is 6.92 Å². The normalized spacial score (nSPS) is 10.5. The van der Waals surface area contributed by atoms with Gasteiger partial charge in [-0.2, -0.15) is 0 Å². The maximum Gasteiger partial charge on any atom is 0.337 e. The summed E-state index contributed by atoms with van der Waals surface area (Å²) < 4.78 is 0. The number of carboxylic acid groups (broad SMARTS) is 1. The van der Waals surface area contributed by atoms with E-state index in [9.17, 15) is 9.59 Å². The van der Waals surface area contributed by atoms with Crippen molar-refractivity contribution in [3.8, 4) is 0 Å². The molecule has 0 spiro atoms. The van der Waals surface area contributed by atoms with Gasteiger partial charge in [0.2, 0.25) is 0 Å². The molecule has 0 unspecified atom stereocenters. The Kier molecular flexibility index (Phi) is 3.72. The summed E-state index contributed by atoms with van der Waals surface area (Å²) in [5.74, 6) is -1.60. The fraction of sp³-hybridized carbons (Fsp3) is 0.0588. The summed E-state index contributed by atoms with van der Waals surface area (Å²) in [6, 6.07) is 13.5. The molecule has 0 saturated heterocycles. The topological polar surface area (TPSA) is 92.2 Å². The van der Waals surface area contributed by atoms with Crippen LogP contribution in [0.4, 0.5) is 5.69 Å². The minimum absolute atomic E-state index is 0.0206. The van der Waals surface area contributed by atoms with E-state index in [4.69, 9.17) is 5.11 Å². The molecular formula is C17H13N3O3. The number of hydrogen-bond donors (Lipinski definition) is 2. The summed E-state index contributed by atoms with van der Waals surface area (Å²) in [6.45, 7) is 1.69. The first kappa shape index (κ1) is 14.6. The summed E-state index contributed by atoms with van der Waals surface area (Å²) in [5.41, 5.74) is 2.20. The second-order valence-electron chi connectivity index (χ2n) is 4.95. The molecule has 0 atom stereocenters. The maximum atomic E-state index is 12.4. The largest absolute Gasteiger partial charge is 0.478 e. The third kappa shape index (κ3) is 2.87. The van der Waals surface area contributed by atoms with Crippen LogP contribution in [-0.4, -0.2) is 27.0 Å². The maximum absolute atomic E-state index is 12.4. The van der Waals surface area contributed by atoms with Gasteiger partial charge in [-0.05, 0) is 31.2 Å². The van der Waals surface area contributed by atoms with Crippen molar-refractivity contribution < 1.29 is 14.7 Å². The number of aromatic carboxylic acids is 1. The number of aromatic nitrogens is 2. The van der Waals surface area contributed by atoms with Gasteiger partial charge in [0, 0.05) is 0 Å². The van der Waals surface area contributed by atoms with E-state index in [2.05, 4.69) is 15.3 Å². The second kappa shape index (κ2) is 5.84. The molecule has 2 aromatic carbocycles. The van der Waals surface area contributed by atoms with Crippen molar-refractivity contribution >= 4 is 28.6 Å². The number of para-hydroxylation sites is 3. The van der Waals surface area contributed by atoms with Gasteiger partial charge >= 0.3 is 5.97 Å². The molecule has 0 fully saturated rings. The minimum atomic E-state index is -1.11. The molecule has 0 saturated carbocycles. The van der Waals surface area contributed by atoms with Crippen LogP contribution in [0.15, 0.2) is 48.5 Å². The Labute approximate surface area is 131 Å². The van der Waals surface area contributed by atoms with Crippen LogP contribution in [-0.2, 0) is 0 Å². The lowest BCUT2D eigenvalue weighted by atomic mass is 10.1. The number of fused-ring (bicyclic) bond motifs is 1. The van der Waals surface area contributed by atoms with Gasteiger partial charge < -0.3 is 10.4 Å². The zero-order valence-electron chi connectivity index (χ0n) is 12.3. The molecule has 1 aromatic heterocycles. The molecule has 0 aliphatic heterocycles. The number of carboxylic acids is 1. The van der Waals surface area contributed by atoms with Gasteiger partial charge in [-0.1, -0.05) is 24.3 Å². The van der Waals surface area contributed by atoms with Gasteiger partial charge in [-0.25, -0.2) is 14.8 Å². The number of amides is 1. The molecule has 1 amide bonds. The van der Waals surface area contributed by atoms with Crippen molar-refractivity contribution in [2.24, 2.45) is 0 Å². The molecule has 0 aliphatic rings. The molecule has 23 heavy (non-hydrogen) atoms. The minimum Gasteiger partial charge on any atom is -0.478 e. The predicted octanol–water partition coefficient (Wildman–Crippen LogP) is 2.89. The predicted molar refractivity (Wildman–Crippen MR) is 85.6 cm³/mol. The van der Waals surface area contributed by atoms with Gasteiger partial charge in [0.1, 0.15) is 5.69 Å². The Bertz CT molecular complexity index is 922. The average Bonchev–Trinajstić information content (AvgIpc) is 2.54. The van der Waals surface area contributed by atoms with Crippen LogP contribution < -0.4 is 5.32 Å². The molecule has 6 heteroatoms. The van der Waals surface area contributed by atoms with Crippen LogP contribution in [0.25, 0.3) is 11.0 Å². The van der Waals surface area contributed by atoms with E-state index in [1.807, 2.05) is 18.2 Å². The molecule has 1 heterocycles. The van der Waals surface area contributed by atoms with Crippen molar-refractivity contribution in [3.05, 3.63) is 65.5 Å². The van der Waals surface area contributed by atoms with Crippen molar-refractivity contribution in [1.29, 1.82) is 0 Å². The van der Waals surface area contributed by atoms with E-state index in [-0.39, 0.29) is 16.9 Å². The van der Waals surface area contributed by atoms with E-state index in [0.29, 0.717) is 16.7 Å². The molecule has 2 N–H and O–H groups in total. The third-order valence-electron chi connectivity index (χ3n) is 3.37. The number of nitrogens with one attached hydrogen (secondary N) is 1. The number of aryl methyl sites for hydroxylation is 1. The first-order valence-electron chi connectivity index (χ1n) is 6.93. The van der Waals surface area contributed by atoms with E-state index < -0.39 is 11.9 Å². The Morgan fingerprint density at radius 2 is 1.57 bits per heavy atom. The lowest BCUT2D eigenvalue weighted by Gasteiger charge is -2.09. The van der Waals surface area contributed by atoms with Crippen LogP contribution in [0, 0.1) is 6.92 Å². The molecule has 0 radical (unpaired) electrons. The quantitative estimate of drug-likeness (QED) is 0.776. The van der Waals surface area contributed by atoms with Gasteiger partial charge in [0.25, 0.3) is 5.91 Å². The van der Waals surface area contributed by atoms with Crippen LogP contribution in [0.2, 0.25) is 0 Å². The Balaban J connectivity index is 1.98. The standard InChI is InChI=1S/C17H13N3O3/c1-10-15(19-14-9-5-4-8-13(14)18-10)16(21)20-12-7-3-2-6-11(12)17(22)23/h2-9H,1H3,(H,20,21)(H,22,23). The fourth-order valence-corrected chi connectivity index (χ4v) is 2.26. The zero-order valence-corrected chi connectivity index (χ0v) is 12.3. The van der Waals surface area contributed by atoms with Gasteiger partial charge in [-0.15, -0.1) is 0 Å². The highest BCUT2D eigenvalue weighted by Gasteiger charge is 2.17. The number of benzene rings is 2. The summed E-state index contributed by atoms with van der Waals surface area (Å²) in [6.07, 6.45) is 0. The lowest BCUT2D eigenvalue weighted by Crippen LogP contribution is -2.18. The summed E-state index contributed by atoms with van der Waals surface area (Å²) in [7, 11) is 0. The van der Waals surface area contributed by atoms with Crippen LogP contribution >= 0.6 is 0 Å². The van der Waals surface area contributed by atoms with Crippen molar-refractivity contribution in [3.63, 3.8) is 0 Å². The number of carbonyl (C=O) groups excluding carboxylic acids is 1.